The molecular weight excluding hydrogens is 282 g/mol. The van der Waals surface area contributed by atoms with Crippen molar-refractivity contribution in [2.75, 3.05) is 6.61 Å². The lowest BCUT2D eigenvalue weighted by molar-refractivity contribution is -0.159. The van der Waals surface area contributed by atoms with Crippen molar-refractivity contribution in [1.29, 1.82) is 0 Å². The van der Waals surface area contributed by atoms with Gasteiger partial charge < -0.3 is 14.9 Å². The van der Waals surface area contributed by atoms with Crippen LogP contribution in [-0.2, 0) is 19.6 Å². The lowest BCUT2D eigenvalue weighted by atomic mass is 10.2. The molecule has 0 saturated heterocycles. The molecule has 0 aliphatic carbocycles. The number of thiophene rings is 1. The Kier molecular flexibility index (Phi) is 4.82. The van der Waals surface area contributed by atoms with E-state index >= 15 is 0 Å². The first kappa shape index (κ1) is 15.1. The van der Waals surface area contributed by atoms with Gasteiger partial charge in [0, 0.05) is 4.88 Å². The first-order chi connectivity index (χ1) is 8.27. The number of aliphatic hydroxyl groups excluding tert-OH is 2. The van der Waals surface area contributed by atoms with Crippen molar-refractivity contribution in [1.82, 2.24) is 0 Å². The van der Waals surface area contributed by atoms with Crippen LogP contribution in [0.5, 0.6) is 0 Å². The number of carbonyl (C=O) groups is 1. The van der Waals surface area contributed by atoms with Crippen LogP contribution in [0.1, 0.15) is 17.9 Å². The molecule has 1 aromatic heterocycles. The summed E-state index contributed by atoms with van der Waals surface area (Å²) < 4.78 is 26.4. The minimum absolute atomic E-state index is 0.0650. The highest BCUT2D eigenvalue weighted by atomic mass is 32.2. The zero-order valence-corrected chi connectivity index (χ0v) is 11.1. The van der Waals surface area contributed by atoms with Crippen LogP contribution in [-0.4, -0.2) is 37.3 Å². The van der Waals surface area contributed by atoms with Gasteiger partial charge in [0.05, 0.1) is 6.61 Å². The van der Waals surface area contributed by atoms with Crippen molar-refractivity contribution in [3.63, 3.8) is 0 Å². The Morgan fingerprint density at radius 1 is 1.50 bits per heavy atom. The molecule has 1 rings (SSSR count). The first-order valence-electron chi connectivity index (χ1n) is 4.92. The summed E-state index contributed by atoms with van der Waals surface area (Å²) in [6.45, 7) is 1.62. The third-order valence-corrected chi connectivity index (χ3v) is 4.60. The molecule has 0 bridgehead atoms. The van der Waals surface area contributed by atoms with Gasteiger partial charge in [-0.15, -0.1) is 11.3 Å². The van der Waals surface area contributed by atoms with Crippen LogP contribution >= 0.6 is 11.3 Å². The molecule has 0 aromatic carbocycles. The number of nitrogens with two attached hydrogens (primary N) is 1. The van der Waals surface area contributed by atoms with E-state index in [0.717, 1.165) is 0 Å². The number of ether oxygens (including phenoxy) is 1. The van der Waals surface area contributed by atoms with E-state index in [1.807, 2.05) is 0 Å². The lowest BCUT2D eigenvalue weighted by Gasteiger charge is -2.14. The molecule has 0 amide bonds. The fraction of sp³-hybridized carbons (Fsp3) is 0.444. The summed E-state index contributed by atoms with van der Waals surface area (Å²) in [5.41, 5.74) is 0. The summed E-state index contributed by atoms with van der Waals surface area (Å²) in [6.07, 6.45) is -3.32. The Morgan fingerprint density at radius 3 is 2.56 bits per heavy atom. The second kappa shape index (κ2) is 5.76. The lowest BCUT2D eigenvalue weighted by Crippen LogP contribution is -2.29. The van der Waals surface area contributed by atoms with E-state index in [0.29, 0.717) is 11.3 Å². The fourth-order valence-corrected chi connectivity index (χ4v) is 2.92. The molecule has 0 aliphatic heterocycles. The van der Waals surface area contributed by atoms with Crippen LogP contribution in [0.15, 0.2) is 16.3 Å². The molecule has 0 radical (unpaired) electrons. The fourth-order valence-electron chi connectivity index (χ4n) is 1.16. The summed E-state index contributed by atoms with van der Waals surface area (Å²) in [4.78, 5) is 11.3. The summed E-state index contributed by atoms with van der Waals surface area (Å²) in [5, 5.41) is 24.1. The number of primary sulfonamides is 1. The normalized spacial score (nSPS) is 15.1. The summed E-state index contributed by atoms with van der Waals surface area (Å²) >= 11 is 0.681. The van der Waals surface area contributed by atoms with E-state index in [9.17, 15) is 23.4 Å². The predicted octanol–water partition coefficient (Wildman–Crippen LogP) is -0.647. The highest BCUT2D eigenvalue weighted by Gasteiger charge is 2.28. The average molecular weight is 295 g/mol. The SMILES string of the molecule is CCOC(=O)C(O)C(O)c1ccc(S(N)(=O)=O)s1. The van der Waals surface area contributed by atoms with Crippen LogP contribution in [0.25, 0.3) is 0 Å². The molecule has 1 aromatic rings. The second-order valence-corrected chi connectivity index (χ2v) is 6.25. The number of rotatable bonds is 5. The minimum Gasteiger partial charge on any atom is -0.464 e. The van der Waals surface area contributed by atoms with E-state index in [-0.39, 0.29) is 15.7 Å². The number of sulfonamides is 1. The topological polar surface area (TPSA) is 127 Å². The Bertz CT molecular complexity index is 523. The largest absolute Gasteiger partial charge is 0.464 e. The predicted molar refractivity (Wildman–Crippen MR) is 63.3 cm³/mol. The zero-order chi connectivity index (χ0) is 13.9. The molecule has 0 aliphatic rings. The van der Waals surface area contributed by atoms with Crippen molar-refractivity contribution in [2.45, 2.75) is 23.3 Å². The smallest absolute Gasteiger partial charge is 0.338 e. The molecule has 1 heterocycles. The standard InChI is InChI=1S/C9H13NO6S2/c1-2-16-9(13)8(12)7(11)5-3-4-6(17-5)18(10,14)15/h3-4,7-8,11-12H,2H2,1H3,(H2,10,14,15). The number of esters is 1. The van der Waals surface area contributed by atoms with Crippen LogP contribution in [0.4, 0.5) is 0 Å². The highest BCUT2D eigenvalue weighted by Crippen LogP contribution is 2.28. The maximum atomic E-state index is 11.2. The van der Waals surface area contributed by atoms with Gasteiger partial charge >= 0.3 is 5.97 Å². The van der Waals surface area contributed by atoms with E-state index < -0.39 is 28.2 Å². The maximum absolute atomic E-state index is 11.2. The van der Waals surface area contributed by atoms with Crippen LogP contribution in [0.2, 0.25) is 0 Å². The number of aliphatic hydroxyl groups is 2. The molecule has 7 nitrogen and oxygen atoms in total. The Hall–Kier alpha value is -1.00. The van der Waals surface area contributed by atoms with Gasteiger partial charge in [0.25, 0.3) is 0 Å². The van der Waals surface area contributed by atoms with Gasteiger partial charge in [-0.2, -0.15) is 0 Å². The summed E-state index contributed by atoms with van der Waals surface area (Å²) in [6, 6.07) is 2.47. The molecular formula is C9H13NO6S2. The monoisotopic (exact) mass is 295 g/mol. The molecule has 0 saturated carbocycles. The van der Waals surface area contributed by atoms with Gasteiger partial charge in [0.15, 0.2) is 6.10 Å². The molecule has 102 valence electrons. The zero-order valence-electron chi connectivity index (χ0n) is 9.44. The van der Waals surface area contributed by atoms with Crippen LogP contribution in [0.3, 0.4) is 0 Å². The van der Waals surface area contributed by atoms with Gasteiger partial charge in [0.2, 0.25) is 10.0 Å². The molecule has 2 unspecified atom stereocenters. The van der Waals surface area contributed by atoms with Crippen molar-refractivity contribution in [3.05, 3.63) is 17.0 Å². The molecule has 18 heavy (non-hydrogen) atoms. The molecule has 4 N–H and O–H groups in total. The van der Waals surface area contributed by atoms with E-state index in [1.54, 1.807) is 6.92 Å². The van der Waals surface area contributed by atoms with Gasteiger partial charge in [-0.05, 0) is 19.1 Å². The van der Waals surface area contributed by atoms with Crippen molar-refractivity contribution in [3.8, 4) is 0 Å². The Labute approximate surface area is 108 Å². The van der Waals surface area contributed by atoms with Gasteiger partial charge in [-0.1, -0.05) is 0 Å². The third kappa shape index (κ3) is 3.50. The maximum Gasteiger partial charge on any atom is 0.338 e. The van der Waals surface area contributed by atoms with E-state index in [4.69, 9.17) is 5.14 Å². The number of hydrogen-bond donors (Lipinski definition) is 3. The van der Waals surface area contributed by atoms with Crippen LogP contribution < -0.4 is 5.14 Å². The van der Waals surface area contributed by atoms with Gasteiger partial charge in [-0.3, -0.25) is 0 Å². The minimum atomic E-state index is -3.86. The number of carbonyl (C=O) groups excluding carboxylic acids is 1. The number of hydrogen-bond acceptors (Lipinski definition) is 7. The molecule has 9 heteroatoms. The molecule has 0 fully saturated rings. The Morgan fingerprint density at radius 2 is 2.11 bits per heavy atom. The van der Waals surface area contributed by atoms with Crippen molar-refractivity contribution >= 4 is 27.3 Å². The molecule has 2 atom stereocenters. The van der Waals surface area contributed by atoms with Crippen molar-refractivity contribution < 1.29 is 28.2 Å². The summed E-state index contributed by atoms with van der Waals surface area (Å²) in [7, 11) is -3.86. The molecule has 0 spiro atoms. The summed E-state index contributed by atoms with van der Waals surface area (Å²) in [5.74, 6) is -0.976. The quantitative estimate of drug-likeness (QED) is 0.620. The van der Waals surface area contributed by atoms with E-state index in [2.05, 4.69) is 4.74 Å². The van der Waals surface area contributed by atoms with Gasteiger partial charge in [-0.25, -0.2) is 18.4 Å². The highest BCUT2D eigenvalue weighted by molar-refractivity contribution is 7.91. The first-order valence-corrected chi connectivity index (χ1v) is 7.29. The van der Waals surface area contributed by atoms with E-state index in [1.165, 1.54) is 12.1 Å². The Balaban J connectivity index is 2.88. The average Bonchev–Trinajstić information content (AvgIpc) is 2.76. The van der Waals surface area contributed by atoms with Crippen molar-refractivity contribution in [2.24, 2.45) is 5.14 Å². The second-order valence-electron chi connectivity index (χ2n) is 3.34. The van der Waals surface area contributed by atoms with Crippen LogP contribution in [0, 0.1) is 0 Å². The third-order valence-electron chi connectivity index (χ3n) is 2.00. The van der Waals surface area contributed by atoms with Gasteiger partial charge in [0.1, 0.15) is 10.3 Å².